The molecule has 0 saturated carbocycles. The molecule has 3 aromatic rings. The first-order chi connectivity index (χ1) is 10.7. The molecule has 0 atom stereocenters. The van der Waals surface area contributed by atoms with Crippen LogP contribution in [0.1, 0.15) is 16.1 Å². The van der Waals surface area contributed by atoms with Crippen LogP contribution in [0.25, 0.3) is 11.3 Å². The van der Waals surface area contributed by atoms with Crippen LogP contribution in [-0.4, -0.2) is 11.1 Å². The van der Waals surface area contributed by atoms with Gasteiger partial charge in [-0.25, -0.2) is 0 Å². The summed E-state index contributed by atoms with van der Waals surface area (Å²) >= 11 is 0. The van der Waals surface area contributed by atoms with Gasteiger partial charge >= 0.3 is 0 Å². The molecule has 110 valence electrons. The summed E-state index contributed by atoms with van der Waals surface area (Å²) in [5.41, 5.74) is 8.67. The minimum Gasteiger partial charge on any atom is -0.397 e. The molecule has 0 aliphatic carbocycles. The molecule has 0 saturated heterocycles. The average molecular weight is 293 g/mol. The summed E-state index contributed by atoms with van der Waals surface area (Å²) in [5, 5.41) is 6.71. The number of para-hydroxylation sites is 2. The number of carbonyl (C=O) groups is 1. The van der Waals surface area contributed by atoms with Gasteiger partial charge in [0.15, 0.2) is 5.76 Å². The molecule has 0 bridgehead atoms. The van der Waals surface area contributed by atoms with Crippen LogP contribution in [0.15, 0.2) is 59.1 Å². The van der Waals surface area contributed by atoms with Crippen molar-refractivity contribution in [1.82, 2.24) is 5.16 Å². The first kappa shape index (κ1) is 13.9. The van der Waals surface area contributed by atoms with Crippen molar-refractivity contribution >= 4 is 17.3 Å². The van der Waals surface area contributed by atoms with Gasteiger partial charge in [0.2, 0.25) is 0 Å². The zero-order valence-corrected chi connectivity index (χ0v) is 12.0. The molecule has 1 amide bonds. The molecule has 0 aliphatic heterocycles. The van der Waals surface area contributed by atoms with E-state index in [0.29, 0.717) is 28.4 Å². The van der Waals surface area contributed by atoms with Crippen LogP contribution < -0.4 is 11.1 Å². The molecule has 0 unspecified atom stereocenters. The number of nitrogens with one attached hydrogen (secondary N) is 1. The fraction of sp³-hybridized carbons (Fsp3) is 0.0588. The van der Waals surface area contributed by atoms with E-state index >= 15 is 0 Å². The molecular formula is C17H15N3O2. The number of hydrogen-bond acceptors (Lipinski definition) is 4. The van der Waals surface area contributed by atoms with Gasteiger partial charge < -0.3 is 15.6 Å². The third kappa shape index (κ3) is 2.56. The van der Waals surface area contributed by atoms with E-state index in [1.807, 2.05) is 42.5 Å². The van der Waals surface area contributed by atoms with Crippen LogP contribution >= 0.6 is 0 Å². The minimum absolute atomic E-state index is 0.296. The highest BCUT2D eigenvalue weighted by molar-refractivity contribution is 6.09. The van der Waals surface area contributed by atoms with E-state index in [1.54, 1.807) is 19.1 Å². The summed E-state index contributed by atoms with van der Waals surface area (Å²) in [6.07, 6.45) is 0. The van der Waals surface area contributed by atoms with Crippen molar-refractivity contribution in [2.24, 2.45) is 0 Å². The highest BCUT2D eigenvalue weighted by Crippen LogP contribution is 2.27. The van der Waals surface area contributed by atoms with Crippen LogP contribution in [0.5, 0.6) is 0 Å². The van der Waals surface area contributed by atoms with Crippen LogP contribution in [0.2, 0.25) is 0 Å². The Kier molecular flexibility index (Phi) is 3.62. The standard InChI is InChI=1S/C17H15N3O2/c1-11-15(16(22-20-11)12-7-3-2-4-8-12)17(21)19-14-10-6-5-9-13(14)18/h2-10H,18H2,1H3,(H,19,21). The van der Waals surface area contributed by atoms with Gasteiger partial charge in [-0.2, -0.15) is 0 Å². The number of hydrogen-bond donors (Lipinski definition) is 2. The molecule has 22 heavy (non-hydrogen) atoms. The Balaban J connectivity index is 1.97. The summed E-state index contributed by atoms with van der Waals surface area (Å²) in [6, 6.07) is 16.5. The maximum absolute atomic E-state index is 12.6. The lowest BCUT2D eigenvalue weighted by Gasteiger charge is -2.08. The van der Waals surface area contributed by atoms with E-state index in [0.717, 1.165) is 5.56 Å². The van der Waals surface area contributed by atoms with Crippen molar-refractivity contribution in [3.05, 3.63) is 65.9 Å². The highest BCUT2D eigenvalue weighted by Gasteiger charge is 2.22. The largest absolute Gasteiger partial charge is 0.397 e. The second-order valence-electron chi connectivity index (χ2n) is 4.88. The lowest BCUT2D eigenvalue weighted by molar-refractivity contribution is 0.102. The summed E-state index contributed by atoms with van der Waals surface area (Å²) in [4.78, 5) is 12.6. The van der Waals surface area contributed by atoms with Gasteiger partial charge in [0, 0.05) is 5.56 Å². The molecule has 2 aromatic carbocycles. The van der Waals surface area contributed by atoms with E-state index < -0.39 is 0 Å². The normalized spacial score (nSPS) is 10.4. The number of nitrogen functional groups attached to an aromatic ring is 1. The Bertz CT molecular complexity index is 810. The van der Waals surface area contributed by atoms with E-state index in [2.05, 4.69) is 10.5 Å². The van der Waals surface area contributed by atoms with Crippen LogP contribution in [0.4, 0.5) is 11.4 Å². The van der Waals surface area contributed by atoms with Crippen molar-refractivity contribution in [2.75, 3.05) is 11.1 Å². The van der Waals surface area contributed by atoms with Crippen molar-refractivity contribution in [3.63, 3.8) is 0 Å². The number of rotatable bonds is 3. The maximum Gasteiger partial charge on any atom is 0.261 e. The third-order valence-corrected chi connectivity index (χ3v) is 3.33. The molecule has 1 aromatic heterocycles. The van der Waals surface area contributed by atoms with Crippen LogP contribution in [0.3, 0.4) is 0 Å². The maximum atomic E-state index is 12.6. The van der Waals surface area contributed by atoms with Crippen molar-refractivity contribution < 1.29 is 9.32 Å². The van der Waals surface area contributed by atoms with Gasteiger partial charge in [-0.1, -0.05) is 47.6 Å². The number of aryl methyl sites for hydroxylation is 1. The van der Waals surface area contributed by atoms with Crippen molar-refractivity contribution in [1.29, 1.82) is 0 Å². The first-order valence-corrected chi connectivity index (χ1v) is 6.84. The zero-order chi connectivity index (χ0) is 15.5. The molecule has 0 radical (unpaired) electrons. The lowest BCUT2D eigenvalue weighted by atomic mass is 10.1. The summed E-state index contributed by atoms with van der Waals surface area (Å²) in [5.74, 6) is 0.153. The van der Waals surface area contributed by atoms with Gasteiger partial charge in [-0.3, -0.25) is 4.79 Å². The van der Waals surface area contributed by atoms with E-state index in [-0.39, 0.29) is 5.91 Å². The molecular weight excluding hydrogens is 278 g/mol. The Hall–Kier alpha value is -3.08. The Labute approximate surface area is 127 Å². The van der Waals surface area contributed by atoms with Crippen LogP contribution in [-0.2, 0) is 0 Å². The van der Waals surface area contributed by atoms with Crippen molar-refractivity contribution in [2.45, 2.75) is 6.92 Å². The summed E-state index contributed by atoms with van der Waals surface area (Å²) in [6.45, 7) is 1.74. The monoisotopic (exact) mass is 293 g/mol. The molecule has 0 spiro atoms. The number of nitrogens with zero attached hydrogens (tertiary/aromatic N) is 1. The number of anilines is 2. The number of aromatic nitrogens is 1. The number of benzene rings is 2. The smallest absolute Gasteiger partial charge is 0.261 e. The lowest BCUT2D eigenvalue weighted by Crippen LogP contribution is -2.14. The van der Waals surface area contributed by atoms with Crippen molar-refractivity contribution in [3.8, 4) is 11.3 Å². The molecule has 3 N–H and O–H groups in total. The fourth-order valence-electron chi connectivity index (χ4n) is 2.22. The quantitative estimate of drug-likeness (QED) is 0.724. The van der Waals surface area contributed by atoms with Gasteiger partial charge in [0.1, 0.15) is 5.56 Å². The van der Waals surface area contributed by atoms with E-state index in [1.165, 1.54) is 0 Å². The van der Waals surface area contributed by atoms with E-state index in [9.17, 15) is 4.79 Å². The van der Waals surface area contributed by atoms with Crippen LogP contribution in [0, 0.1) is 6.92 Å². The summed E-state index contributed by atoms with van der Waals surface area (Å²) in [7, 11) is 0. The number of amides is 1. The third-order valence-electron chi connectivity index (χ3n) is 3.33. The summed E-state index contributed by atoms with van der Waals surface area (Å²) < 4.78 is 5.33. The molecule has 5 heteroatoms. The predicted molar refractivity (Wildman–Crippen MR) is 85.5 cm³/mol. The predicted octanol–water partition coefficient (Wildman–Crippen LogP) is 3.48. The Morgan fingerprint density at radius 3 is 2.50 bits per heavy atom. The molecule has 0 fully saturated rings. The van der Waals surface area contributed by atoms with Gasteiger partial charge in [-0.05, 0) is 19.1 Å². The van der Waals surface area contributed by atoms with E-state index in [4.69, 9.17) is 10.3 Å². The molecule has 5 nitrogen and oxygen atoms in total. The molecule has 0 aliphatic rings. The van der Waals surface area contributed by atoms with Gasteiger partial charge in [-0.15, -0.1) is 0 Å². The topological polar surface area (TPSA) is 81.2 Å². The second-order valence-corrected chi connectivity index (χ2v) is 4.88. The number of carbonyl (C=O) groups excluding carboxylic acids is 1. The SMILES string of the molecule is Cc1noc(-c2ccccc2)c1C(=O)Nc1ccccc1N. The van der Waals surface area contributed by atoms with Gasteiger partial charge in [0.25, 0.3) is 5.91 Å². The van der Waals surface area contributed by atoms with Gasteiger partial charge in [0.05, 0.1) is 17.1 Å². The Morgan fingerprint density at radius 1 is 1.09 bits per heavy atom. The number of nitrogens with two attached hydrogens (primary N) is 1. The molecule has 1 heterocycles. The Morgan fingerprint density at radius 2 is 1.77 bits per heavy atom. The highest BCUT2D eigenvalue weighted by atomic mass is 16.5. The fourth-order valence-corrected chi connectivity index (χ4v) is 2.22. The first-order valence-electron chi connectivity index (χ1n) is 6.84. The minimum atomic E-state index is -0.296. The average Bonchev–Trinajstić information content (AvgIpc) is 2.92. The zero-order valence-electron chi connectivity index (χ0n) is 12.0. The second kappa shape index (κ2) is 5.73. The molecule has 3 rings (SSSR count).